The molecule has 0 aromatic carbocycles. The Kier molecular flexibility index (Phi) is 8.25. The summed E-state index contributed by atoms with van der Waals surface area (Å²) in [5.41, 5.74) is 2.20. The maximum absolute atomic E-state index is 13.2. The van der Waals surface area contributed by atoms with E-state index in [1.165, 1.54) is 4.90 Å². The summed E-state index contributed by atoms with van der Waals surface area (Å²) in [4.78, 5) is 39.7. The van der Waals surface area contributed by atoms with Gasteiger partial charge in [0, 0.05) is 37.5 Å². The average molecular weight is 408 g/mol. The summed E-state index contributed by atoms with van der Waals surface area (Å²) in [6.45, 7) is 11.4. The van der Waals surface area contributed by atoms with Crippen molar-refractivity contribution in [3.8, 4) is 0 Å². The van der Waals surface area contributed by atoms with Crippen molar-refractivity contribution < 1.29 is 23.9 Å². The molecule has 1 N–H and O–H groups in total. The van der Waals surface area contributed by atoms with E-state index < -0.39 is 5.97 Å². The molecule has 1 aromatic heterocycles. The van der Waals surface area contributed by atoms with E-state index >= 15 is 0 Å². The molecule has 162 valence electrons. The first-order valence-electron chi connectivity index (χ1n) is 10.4. The van der Waals surface area contributed by atoms with Gasteiger partial charge >= 0.3 is 12.0 Å². The van der Waals surface area contributed by atoms with Gasteiger partial charge in [-0.15, -0.1) is 0 Å². The Morgan fingerprint density at radius 3 is 2.52 bits per heavy atom. The number of esters is 1. The number of Topliss-reactive ketones (excluding diaryl/α,β-unsaturated/α-hetero) is 1. The van der Waals surface area contributed by atoms with Gasteiger partial charge in [0.2, 0.25) is 0 Å². The van der Waals surface area contributed by atoms with Crippen LogP contribution in [0.3, 0.4) is 0 Å². The van der Waals surface area contributed by atoms with E-state index in [1.54, 1.807) is 18.4 Å². The average Bonchev–Trinajstić information content (AvgIpc) is 3.26. The Labute approximate surface area is 172 Å². The Morgan fingerprint density at radius 2 is 1.97 bits per heavy atom. The highest BCUT2D eigenvalue weighted by Crippen LogP contribution is 2.24. The second-order valence-corrected chi connectivity index (χ2v) is 7.17. The molecule has 0 bridgehead atoms. The number of nitrogens with zero attached hydrogens (tertiary/aromatic N) is 2. The third kappa shape index (κ3) is 5.18. The molecule has 0 spiro atoms. The van der Waals surface area contributed by atoms with Gasteiger partial charge in [-0.1, -0.05) is 0 Å². The lowest BCUT2D eigenvalue weighted by atomic mass is 10.0. The molecule has 1 aliphatic rings. The molecule has 2 rings (SSSR count). The van der Waals surface area contributed by atoms with Crippen molar-refractivity contribution >= 4 is 17.8 Å². The number of urea groups is 1. The van der Waals surface area contributed by atoms with E-state index in [4.69, 9.17) is 9.47 Å². The first kappa shape index (κ1) is 22.9. The lowest BCUT2D eigenvalue weighted by Crippen LogP contribution is -2.46. The normalized spacial score (nSPS) is 16.0. The van der Waals surface area contributed by atoms with Crippen LogP contribution in [0.15, 0.2) is 0 Å². The van der Waals surface area contributed by atoms with Crippen LogP contribution in [0.4, 0.5) is 4.79 Å². The van der Waals surface area contributed by atoms with Crippen molar-refractivity contribution in [3.05, 3.63) is 22.5 Å². The fourth-order valence-corrected chi connectivity index (χ4v) is 3.93. The maximum atomic E-state index is 13.2. The summed E-state index contributed by atoms with van der Waals surface area (Å²) in [5.74, 6) is -0.629. The predicted molar refractivity (Wildman–Crippen MR) is 109 cm³/mol. The van der Waals surface area contributed by atoms with Gasteiger partial charge in [0.05, 0.1) is 19.3 Å². The number of carbonyl (C=O) groups is 3. The Balaban J connectivity index is 2.30. The molecule has 0 saturated carbocycles. The van der Waals surface area contributed by atoms with Crippen molar-refractivity contribution in [3.63, 3.8) is 0 Å². The molecule has 1 atom stereocenters. The molecule has 2 amide bonds. The van der Waals surface area contributed by atoms with Crippen LogP contribution in [0, 0.1) is 13.8 Å². The lowest BCUT2D eigenvalue weighted by molar-refractivity contribution is 0.0512. The molecule has 8 nitrogen and oxygen atoms in total. The topological polar surface area (TPSA) is 89.9 Å². The van der Waals surface area contributed by atoms with Crippen molar-refractivity contribution in [1.29, 1.82) is 0 Å². The number of rotatable bonds is 9. The van der Waals surface area contributed by atoms with Gasteiger partial charge in [-0.3, -0.25) is 4.79 Å². The summed E-state index contributed by atoms with van der Waals surface area (Å²) in [5, 5.41) is 2.77. The monoisotopic (exact) mass is 407 g/mol. The van der Waals surface area contributed by atoms with Crippen molar-refractivity contribution in [2.24, 2.45) is 0 Å². The van der Waals surface area contributed by atoms with Crippen molar-refractivity contribution in [1.82, 2.24) is 14.8 Å². The van der Waals surface area contributed by atoms with Crippen LogP contribution in [0.1, 0.15) is 65.7 Å². The van der Waals surface area contributed by atoms with Crippen LogP contribution in [0.25, 0.3) is 0 Å². The van der Waals surface area contributed by atoms with Crippen molar-refractivity contribution in [2.45, 2.75) is 60.1 Å². The smallest absolute Gasteiger partial charge is 0.355 e. The largest absolute Gasteiger partial charge is 0.461 e. The zero-order chi connectivity index (χ0) is 21.6. The van der Waals surface area contributed by atoms with Crippen LogP contribution in [0.5, 0.6) is 0 Å². The number of carbonyl (C=O) groups excluding carboxylic acids is 3. The number of aromatic nitrogens is 1. The van der Waals surface area contributed by atoms with Gasteiger partial charge in [0.25, 0.3) is 0 Å². The number of ether oxygens (including phenoxy) is 2. The predicted octanol–water partition coefficient (Wildman–Crippen LogP) is 2.69. The van der Waals surface area contributed by atoms with E-state index in [-0.39, 0.29) is 31.1 Å². The van der Waals surface area contributed by atoms with Crippen LogP contribution in [-0.2, 0) is 16.0 Å². The number of ketones is 1. The van der Waals surface area contributed by atoms with E-state index in [1.807, 2.05) is 20.8 Å². The van der Waals surface area contributed by atoms with E-state index in [2.05, 4.69) is 5.32 Å². The molecule has 1 fully saturated rings. The fraction of sp³-hybridized carbons (Fsp3) is 0.667. The van der Waals surface area contributed by atoms with Crippen LogP contribution in [0.2, 0.25) is 0 Å². The van der Waals surface area contributed by atoms with Gasteiger partial charge in [-0.2, -0.15) is 0 Å². The lowest BCUT2D eigenvalue weighted by Gasteiger charge is -2.25. The van der Waals surface area contributed by atoms with Gasteiger partial charge in [0.15, 0.2) is 5.78 Å². The molecule has 1 aromatic rings. The second kappa shape index (κ2) is 10.4. The Bertz CT molecular complexity index is 750. The highest BCUT2D eigenvalue weighted by atomic mass is 16.5. The number of amides is 2. The van der Waals surface area contributed by atoms with E-state index in [0.29, 0.717) is 48.8 Å². The summed E-state index contributed by atoms with van der Waals surface area (Å²) in [6, 6.07) is -0.285. The molecular weight excluding hydrogens is 374 g/mol. The molecule has 2 heterocycles. The molecule has 1 unspecified atom stereocenters. The Hall–Kier alpha value is -2.35. The first-order chi connectivity index (χ1) is 13.8. The number of hydrogen-bond donors (Lipinski definition) is 1. The number of hydrogen-bond acceptors (Lipinski definition) is 5. The Morgan fingerprint density at radius 1 is 1.24 bits per heavy atom. The van der Waals surface area contributed by atoms with Gasteiger partial charge in [-0.05, 0) is 53.0 Å². The SMILES string of the molecule is CCNC(=O)N(CC(=O)c1c(C)c(C(=O)OCC)n(CC)c1C)CC1CCCO1. The molecule has 1 saturated heterocycles. The van der Waals surface area contributed by atoms with Gasteiger partial charge in [-0.25, -0.2) is 9.59 Å². The van der Waals surface area contributed by atoms with Crippen LogP contribution < -0.4 is 5.32 Å². The van der Waals surface area contributed by atoms with Crippen LogP contribution in [-0.4, -0.2) is 66.2 Å². The molecule has 8 heteroatoms. The summed E-state index contributed by atoms with van der Waals surface area (Å²) in [6.07, 6.45) is 1.78. The standard InChI is InChI=1S/C21H33N3O5/c1-6-22-21(27)23(12-16-10-9-11-29-16)13-17(25)18-14(4)19(20(26)28-8-3)24(7-2)15(18)5/h16H,6-13H2,1-5H3,(H,22,27). The first-order valence-corrected chi connectivity index (χ1v) is 10.4. The zero-order valence-corrected chi connectivity index (χ0v) is 18.2. The summed E-state index contributed by atoms with van der Waals surface area (Å²) in [7, 11) is 0. The highest BCUT2D eigenvalue weighted by molar-refractivity contribution is 6.04. The highest BCUT2D eigenvalue weighted by Gasteiger charge is 2.29. The summed E-state index contributed by atoms with van der Waals surface area (Å²) < 4.78 is 12.6. The fourth-order valence-electron chi connectivity index (χ4n) is 3.93. The minimum absolute atomic E-state index is 0.0528. The molecule has 1 aliphatic heterocycles. The molecule has 0 aliphatic carbocycles. The quantitative estimate of drug-likeness (QED) is 0.502. The van der Waals surface area contributed by atoms with E-state index in [0.717, 1.165) is 12.8 Å². The third-order valence-electron chi connectivity index (χ3n) is 5.23. The van der Waals surface area contributed by atoms with E-state index in [9.17, 15) is 14.4 Å². The third-order valence-corrected chi connectivity index (χ3v) is 5.23. The summed E-state index contributed by atoms with van der Waals surface area (Å²) >= 11 is 0. The minimum Gasteiger partial charge on any atom is -0.461 e. The molecule has 0 radical (unpaired) electrons. The maximum Gasteiger partial charge on any atom is 0.355 e. The zero-order valence-electron chi connectivity index (χ0n) is 18.2. The van der Waals surface area contributed by atoms with Crippen molar-refractivity contribution in [2.75, 3.05) is 32.8 Å². The minimum atomic E-state index is -0.436. The molecule has 29 heavy (non-hydrogen) atoms. The molecular formula is C21H33N3O5. The second-order valence-electron chi connectivity index (χ2n) is 7.17. The van der Waals surface area contributed by atoms with Crippen LogP contribution >= 0.6 is 0 Å². The number of nitrogens with one attached hydrogen (secondary N) is 1. The van der Waals surface area contributed by atoms with Gasteiger partial charge < -0.3 is 24.3 Å². The van der Waals surface area contributed by atoms with Gasteiger partial charge in [0.1, 0.15) is 5.69 Å².